The molecule has 0 aromatic heterocycles. The highest BCUT2D eigenvalue weighted by Gasteiger charge is 2.23. The molecule has 0 radical (unpaired) electrons. The minimum atomic E-state index is -0.243. The van der Waals surface area contributed by atoms with E-state index >= 15 is 0 Å². The van der Waals surface area contributed by atoms with Crippen molar-refractivity contribution in [1.29, 1.82) is 0 Å². The van der Waals surface area contributed by atoms with Crippen molar-refractivity contribution in [1.82, 2.24) is 0 Å². The average Bonchev–Trinajstić information content (AvgIpc) is 1.96. The molecule has 1 heterocycles. The second kappa shape index (κ2) is 2.75. The molecule has 1 aliphatic rings. The third-order valence-corrected chi connectivity index (χ3v) is 2.28. The van der Waals surface area contributed by atoms with Gasteiger partial charge in [-0.15, -0.1) is 11.6 Å². The molecule has 1 atom stereocenters. The smallest absolute Gasteiger partial charge is 0.0825 e. The molecule has 1 rings (SSSR count). The van der Waals surface area contributed by atoms with Gasteiger partial charge in [0.25, 0.3) is 0 Å². The van der Waals surface area contributed by atoms with Crippen LogP contribution in [0.15, 0.2) is 17.1 Å². The number of nitrogens with zero attached hydrogens (tertiary/aromatic N) is 1. The van der Waals surface area contributed by atoms with Crippen molar-refractivity contribution < 1.29 is 0 Å². The topological polar surface area (TPSA) is 12.4 Å². The van der Waals surface area contributed by atoms with Crippen LogP contribution in [0.1, 0.15) is 20.3 Å². The lowest BCUT2D eigenvalue weighted by Gasteiger charge is -2.18. The number of rotatable bonds is 0. The summed E-state index contributed by atoms with van der Waals surface area (Å²) in [6.45, 7) is 4.77. The molecule has 0 spiro atoms. The van der Waals surface area contributed by atoms with Crippen molar-refractivity contribution in [3.8, 4) is 0 Å². The number of hydrogen-bond donors (Lipinski definition) is 0. The highest BCUT2D eigenvalue weighted by atomic mass is 35.5. The summed E-state index contributed by atoms with van der Waals surface area (Å²) in [5.74, 6) is 0. The maximum absolute atomic E-state index is 6.14. The Labute approximate surface area is 66.8 Å². The van der Waals surface area contributed by atoms with Crippen molar-refractivity contribution in [2.45, 2.75) is 25.1 Å². The van der Waals surface area contributed by atoms with E-state index < -0.39 is 0 Å². The van der Waals surface area contributed by atoms with Gasteiger partial charge in [0.2, 0.25) is 0 Å². The van der Waals surface area contributed by atoms with E-state index in [1.165, 1.54) is 0 Å². The Morgan fingerprint density at radius 2 is 2.30 bits per heavy atom. The Morgan fingerprint density at radius 3 is 3.00 bits per heavy atom. The lowest BCUT2D eigenvalue weighted by molar-refractivity contribution is 0.835. The zero-order valence-corrected chi connectivity index (χ0v) is 7.15. The Hall–Kier alpha value is -0.300. The van der Waals surface area contributed by atoms with E-state index in [-0.39, 0.29) is 4.87 Å². The van der Waals surface area contributed by atoms with E-state index in [9.17, 15) is 0 Å². The van der Waals surface area contributed by atoms with Crippen molar-refractivity contribution in [3.63, 3.8) is 0 Å². The second-order valence-electron chi connectivity index (χ2n) is 2.80. The summed E-state index contributed by atoms with van der Waals surface area (Å²) in [4.78, 5) is 4.03. The van der Waals surface area contributed by atoms with Crippen molar-refractivity contribution >= 4 is 17.3 Å². The fourth-order valence-electron chi connectivity index (χ4n) is 0.881. The largest absolute Gasteiger partial charge is 0.288 e. The monoisotopic (exact) mass is 157 g/mol. The Bertz CT molecular complexity index is 180. The average molecular weight is 158 g/mol. The zero-order valence-electron chi connectivity index (χ0n) is 6.39. The highest BCUT2D eigenvalue weighted by Crippen LogP contribution is 2.23. The van der Waals surface area contributed by atoms with Crippen LogP contribution in [0.3, 0.4) is 0 Å². The minimum absolute atomic E-state index is 0.243. The van der Waals surface area contributed by atoms with Crippen LogP contribution >= 0.6 is 11.6 Å². The fraction of sp³-hybridized carbons (Fsp3) is 0.625. The summed E-state index contributed by atoms with van der Waals surface area (Å²) in [7, 11) is 0. The molecule has 0 bridgehead atoms. The fourth-order valence-corrected chi connectivity index (χ4v) is 1.03. The Kier molecular flexibility index (Phi) is 2.14. The molecule has 0 N–H and O–H groups in total. The van der Waals surface area contributed by atoms with Crippen LogP contribution in [-0.2, 0) is 0 Å². The SMILES string of the molecule is CC1=NCC=CCC1(C)Cl. The normalized spacial score (nSPS) is 33.3. The molecular formula is C8H12ClN. The molecule has 1 aliphatic heterocycles. The van der Waals surface area contributed by atoms with Gasteiger partial charge in [0.05, 0.1) is 11.4 Å². The molecule has 0 aromatic rings. The van der Waals surface area contributed by atoms with Crippen LogP contribution < -0.4 is 0 Å². The van der Waals surface area contributed by atoms with Crippen LogP contribution in [0.4, 0.5) is 0 Å². The molecule has 0 fully saturated rings. The predicted molar refractivity (Wildman–Crippen MR) is 46.0 cm³/mol. The molecule has 10 heavy (non-hydrogen) atoms. The van der Waals surface area contributed by atoms with Crippen LogP contribution in [0.5, 0.6) is 0 Å². The number of aliphatic imine (C=N–C) groups is 1. The van der Waals surface area contributed by atoms with Gasteiger partial charge in [-0.2, -0.15) is 0 Å². The number of halogens is 1. The lowest BCUT2D eigenvalue weighted by Crippen LogP contribution is -2.24. The van der Waals surface area contributed by atoms with E-state index in [1.807, 2.05) is 13.8 Å². The summed E-state index contributed by atoms with van der Waals surface area (Å²) in [6, 6.07) is 0. The van der Waals surface area contributed by atoms with Gasteiger partial charge in [-0.3, -0.25) is 4.99 Å². The van der Waals surface area contributed by atoms with E-state index in [0.717, 1.165) is 18.7 Å². The zero-order chi connectivity index (χ0) is 7.61. The maximum atomic E-state index is 6.14. The number of hydrogen-bond acceptors (Lipinski definition) is 1. The van der Waals surface area contributed by atoms with Gasteiger partial charge >= 0.3 is 0 Å². The van der Waals surface area contributed by atoms with Crippen LogP contribution in [0, 0.1) is 0 Å². The molecule has 1 unspecified atom stereocenters. The summed E-state index contributed by atoms with van der Waals surface area (Å²) >= 11 is 6.14. The summed E-state index contributed by atoms with van der Waals surface area (Å²) in [5, 5.41) is 0. The molecule has 0 saturated carbocycles. The van der Waals surface area contributed by atoms with E-state index in [2.05, 4.69) is 17.1 Å². The molecule has 2 heteroatoms. The number of allylic oxidation sites excluding steroid dienone is 1. The van der Waals surface area contributed by atoms with Crippen LogP contribution in [0.2, 0.25) is 0 Å². The van der Waals surface area contributed by atoms with Crippen molar-refractivity contribution in [2.24, 2.45) is 4.99 Å². The van der Waals surface area contributed by atoms with Crippen LogP contribution in [-0.4, -0.2) is 17.1 Å². The van der Waals surface area contributed by atoms with Gasteiger partial charge in [-0.1, -0.05) is 12.2 Å². The first-order valence-corrected chi connectivity index (χ1v) is 3.86. The van der Waals surface area contributed by atoms with Gasteiger partial charge in [-0.25, -0.2) is 0 Å². The van der Waals surface area contributed by atoms with Gasteiger partial charge in [-0.05, 0) is 20.3 Å². The summed E-state index contributed by atoms with van der Waals surface area (Å²) < 4.78 is 0. The Morgan fingerprint density at radius 1 is 1.60 bits per heavy atom. The lowest BCUT2D eigenvalue weighted by atomic mass is 10.0. The molecular weight excluding hydrogens is 146 g/mol. The molecule has 0 aromatic carbocycles. The molecule has 0 saturated heterocycles. The molecule has 0 amide bonds. The maximum Gasteiger partial charge on any atom is 0.0825 e. The summed E-state index contributed by atoms with van der Waals surface area (Å²) in [5.41, 5.74) is 1.04. The molecule has 56 valence electrons. The van der Waals surface area contributed by atoms with E-state index in [1.54, 1.807) is 0 Å². The third kappa shape index (κ3) is 1.60. The first kappa shape index (κ1) is 7.80. The van der Waals surface area contributed by atoms with Gasteiger partial charge in [0.1, 0.15) is 0 Å². The number of alkyl halides is 1. The van der Waals surface area contributed by atoms with Gasteiger partial charge in [0, 0.05) is 5.71 Å². The predicted octanol–water partition coefficient (Wildman–Crippen LogP) is 2.40. The standard InChI is InChI=1S/C8H12ClN/c1-7-8(2,9)5-3-4-6-10-7/h3-4H,5-6H2,1-2H3. The summed E-state index contributed by atoms with van der Waals surface area (Å²) in [6.07, 6.45) is 5.04. The van der Waals surface area contributed by atoms with E-state index in [4.69, 9.17) is 11.6 Å². The quantitative estimate of drug-likeness (QED) is 0.378. The van der Waals surface area contributed by atoms with Crippen molar-refractivity contribution in [2.75, 3.05) is 6.54 Å². The highest BCUT2D eigenvalue weighted by molar-refractivity contribution is 6.35. The first-order valence-electron chi connectivity index (χ1n) is 3.48. The molecule has 0 aliphatic carbocycles. The van der Waals surface area contributed by atoms with Gasteiger partial charge in [0.15, 0.2) is 0 Å². The first-order chi connectivity index (χ1) is 4.63. The third-order valence-electron chi connectivity index (χ3n) is 1.86. The molecule has 1 nitrogen and oxygen atoms in total. The minimum Gasteiger partial charge on any atom is -0.288 e. The van der Waals surface area contributed by atoms with Gasteiger partial charge < -0.3 is 0 Å². The van der Waals surface area contributed by atoms with Crippen molar-refractivity contribution in [3.05, 3.63) is 12.2 Å². The van der Waals surface area contributed by atoms with Crippen LogP contribution in [0.25, 0.3) is 0 Å². The Balaban J connectivity index is 2.81. The second-order valence-corrected chi connectivity index (χ2v) is 3.63. The van der Waals surface area contributed by atoms with E-state index in [0.29, 0.717) is 0 Å².